The smallest absolute Gasteiger partial charge is 0.261 e. The van der Waals surface area contributed by atoms with E-state index in [2.05, 4.69) is 5.16 Å². The first-order chi connectivity index (χ1) is 12.1. The Bertz CT molecular complexity index is 831. The van der Waals surface area contributed by atoms with Crippen molar-refractivity contribution in [3.63, 3.8) is 0 Å². The lowest BCUT2D eigenvalue weighted by molar-refractivity contribution is -0.127. The van der Waals surface area contributed by atoms with Crippen molar-refractivity contribution in [3.8, 4) is 11.5 Å². The molecule has 0 aliphatic carbocycles. The normalized spacial score (nSPS) is 15.7. The number of rotatable bonds is 4. The number of carbonyl (C=O) groups excluding carboxylic acids is 2. The van der Waals surface area contributed by atoms with Crippen LogP contribution in [0.5, 0.6) is 11.5 Å². The van der Waals surface area contributed by atoms with Crippen LogP contribution in [0.1, 0.15) is 29.0 Å². The first-order valence-corrected chi connectivity index (χ1v) is 8.04. The van der Waals surface area contributed by atoms with E-state index in [-0.39, 0.29) is 25.3 Å². The van der Waals surface area contributed by atoms with Crippen LogP contribution >= 0.6 is 0 Å². The number of hydrogen-bond acceptors (Lipinski definition) is 6. The highest BCUT2D eigenvalue weighted by Crippen LogP contribution is 2.33. The fourth-order valence-electron chi connectivity index (χ4n) is 2.93. The number of aryl methyl sites for hydroxylation is 1. The summed E-state index contributed by atoms with van der Waals surface area (Å²) in [6.45, 7) is 2.65. The number of hydrogen-bond donors (Lipinski definition) is 0. The average molecular weight is 343 g/mol. The Morgan fingerprint density at radius 3 is 2.84 bits per heavy atom. The highest BCUT2D eigenvalue weighted by molar-refractivity contribution is 6.06. The molecule has 0 unspecified atom stereocenters. The summed E-state index contributed by atoms with van der Waals surface area (Å²) in [6, 6.07) is 6.67. The zero-order valence-electron chi connectivity index (χ0n) is 13.7. The van der Waals surface area contributed by atoms with E-state index in [0.29, 0.717) is 41.6 Å². The van der Waals surface area contributed by atoms with Crippen LogP contribution in [0.2, 0.25) is 0 Å². The molecule has 4 rings (SSSR count). The monoisotopic (exact) mass is 343 g/mol. The van der Waals surface area contributed by atoms with Crippen molar-refractivity contribution >= 4 is 17.6 Å². The van der Waals surface area contributed by atoms with Crippen LogP contribution in [-0.4, -0.2) is 41.9 Å². The number of nitrogens with zero attached hydrogens (tertiary/aromatic N) is 3. The molecule has 2 aromatic rings. The van der Waals surface area contributed by atoms with E-state index >= 15 is 0 Å². The fourth-order valence-corrected chi connectivity index (χ4v) is 2.93. The van der Waals surface area contributed by atoms with Crippen LogP contribution < -0.4 is 14.4 Å². The summed E-state index contributed by atoms with van der Waals surface area (Å²) in [4.78, 5) is 28.1. The molecule has 0 saturated carbocycles. The van der Waals surface area contributed by atoms with E-state index < -0.39 is 0 Å². The molecular weight excluding hydrogens is 326 g/mol. The summed E-state index contributed by atoms with van der Waals surface area (Å²) in [5.74, 6) is 1.84. The Hall–Kier alpha value is -3.03. The van der Waals surface area contributed by atoms with Crippen LogP contribution in [0.3, 0.4) is 0 Å². The van der Waals surface area contributed by atoms with Gasteiger partial charge in [-0.05, 0) is 31.5 Å². The van der Waals surface area contributed by atoms with Crippen LogP contribution in [0, 0.1) is 6.92 Å². The Morgan fingerprint density at radius 2 is 2.12 bits per heavy atom. The van der Waals surface area contributed by atoms with Crippen molar-refractivity contribution in [2.75, 3.05) is 24.9 Å². The second-order valence-corrected chi connectivity index (χ2v) is 6.00. The first kappa shape index (κ1) is 15.5. The maximum Gasteiger partial charge on any atom is 0.261 e. The molecule has 0 atom stereocenters. The fraction of sp³-hybridized carbons (Fsp3) is 0.353. The molecule has 2 aliphatic rings. The molecule has 8 heteroatoms. The third kappa shape index (κ3) is 2.90. The van der Waals surface area contributed by atoms with Gasteiger partial charge in [-0.1, -0.05) is 5.16 Å². The summed E-state index contributed by atoms with van der Waals surface area (Å²) in [7, 11) is 0. The lowest BCUT2D eigenvalue weighted by Gasteiger charge is -2.25. The summed E-state index contributed by atoms with van der Waals surface area (Å²) >= 11 is 0. The molecule has 1 aromatic carbocycles. The van der Waals surface area contributed by atoms with Gasteiger partial charge in [-0.25, -0.2) is 0 Å². The van der Waals surface area contributed by atoms with Crippen molar-refractivity contribution in [2.24, 2.45) is 0 Å². The summed E-state index contributed by atoms with van der Waals surface area (Å²) in [6.07, 6.45) is 1.30. The molecule has 0 spiro atoms. The van der Waals surface area contributed by atoms with Gasteiger partial charge in [0, 0.05) is 24.6 Å². The molecular formula is C17H17N3O5. The van der Waals surface area contributed by atoms with Gasteiger partial charge in [-0.2, -0.15) is 0 Å². The highest BCUT2D eigenvalue weighted by atomic mass is 16.7. The van der Waals surface area contributed by atoms with Gasteiger partial charge in [0.05, 0.1) is 0 Å². The van der Waals surface area contributed by atoms with Crippen LogP contribution in [0.4, 0.5) is 5.82 Å². The van der Waals surface area contributed by atoms with Gasteiger partial charge in [0.25, 0.3) is 5.91 Å². The summed E-state index contributed by atoms with van der Waals surface area (Å²) in [5, 5.41) is 3.94. The van der Waals surface area contributed by atoms with Gasteiger partial charge < -0.3 is 18.9 Å². The SMILES string of the molecule is Cc1cc(N(CN2CCCC2=O)C(=O)c2ccc3c(c2)OCO3)no1. The van der Waals surface area contributed by atoms with Crippen LogP contribution in [0.25, 0.3) is 0 Å². The molecule has 8 nitrogen and oxygen atoms in total. The van der Waals surface area contributed by atoms with Crippen molar-refractivity contribution in [2.45, 2.75) is 19.8 Å². The number of carbonyl (C=O) groups is 2. The third-order valence-electron chi connectivity index (χ3n) is 4.24. The Kier molecular flexibility index (Phi) is 3.79. The predicted octanol–water partition coefficient (Wildman–Crippen LogP) is 1.94. The van der Waals surface area contributed by atoms with Crippen molar-refractivity contribution in [3.05, 3.63) is 35.6 Å². The zero-order valence-corrected chi connectivity index (χ0v) is 13.7. The Balaban J connectivity index is 1.64. The molecule has 0 N–H and O–H groups in total. The number of aromatic nitrogens is 1. The van der Waals surface area contributed by atoms with Gasteiger partial charge in [-0.3, -0.25) is 14.5 Å². The van der Waals surface area contributed by atoms with Gasteiger partial charge in [0.15, 0.2) is 17.3 Å². The van der Waals surface area contributed by atoms with E-state index in [1.54, 1.807) is 36.1 Å². The Labute approximate surface area is 143 Å². The minimum absolute atomic E-state index is 0.0312. The van der Waals surface area contributed by atoms with Crippen molar-refractivity contribution < 1.29 is 23.6 Å². The molecule has 0 radical (unpaired) electrons. The lowest BCUT2D eigenvalue weighted by Crippen LogP contribution is -2.42. The molecule has 0 bridgehead atoms. The molecule has 130 valence electrons. The highest BCUT2D eigenvalue weighted by Gasteiger charge is 2.29. The second-order valence-electron chi connectivity index (χ2n) is 6.00. The third-order valence-corrected chi connectivity index (χ3v) is 4.24. The molecule has 2 aliphatic heterocycles. The molecule has 3 heterocycles. The molecule has 25 heavy (non-hydrogen) atoms. The number of anilines is 1. The summed E-state index contributed by atoms with van der Waals surface area (Å²) in [5.41, 5.74) is 0.427. The average Bonchev–Trinajstić information content (AvgIpc) is 3.33. The Morgan fingerprint density at radius 1 is 1.28 bits per heavy atom. The zero-order chi connectivity index (χ0) is 17.4. The van der Waals surface area contributed by atoms with E-state index in [1.807, 2.05) is 0 Å². The van der Waals surface area contributed by atoms with E-state index in [1.165, 1.54) is 4.90 Å². The molecule has 2 amide bonds. The van der Waals surface area contributed by atoms with E-state index in [9.17, 15) is 9.59 Å². The van der Waals surface area contributed by atoms with Gasteiger partial charge >= 0.3 is 0 Å². The summed E-state index contributed by atoms with van der Waals surface area (Å²) < 4.78 is 15.7. The predicted molar refractivity (Wildman–Crippen MR) is 86.4 cm³/mol. The maximum absolute atomic E-state index is 13.1. The number of benzene rings is 1. The number of ether oxygens (including phenoxy) is 2. The number of likely N-dealkylation sites (tertiary alicyclic amines) is 1. The van der Waals surface area contributed by atoms with Crippen molar-refractivity contribution in [1.82, 2.24) is 10.1 Å². The van der Waals surface area contributed by atoms with E-state index in [0.717, 1.165) is 6.42 Å². The van der Waals surface area contributed by atoms with Gasteiger partial charge in [0.2, 0.25) is 12.7 Å². The lowest BCUT2D eigenvalue weighted by atomic mass is 10.1. The first-order valence-electron chi connectivity index (χ1n) is 8.04. The molecule has 1 saturated heterocycles. The van der Waals surface area contributed by atoms with Crippen LogP contribution in [-0.2, 0) is 4.79 Å². The van der Waals surface area contributed by atoms with Gasteiger partial charge in [-0.15, -0.1) is 0 Å². The standard InChI is InChI=1S/C17H17N3O5/c1-11-7-15(18-25-11)20(9-19-6-2-3-16(19)21)17(22)12-4-5-13-14(8-12)24-10-23-13/h4-5,7-8H,2-3,6,9-10H2,1H3. The topological polar surface area (TPSA) is 85.1 Å². The minimum Gasteiger partial charge on any atom is -0.454 e. The largest absolute Gasteiger partial charge is 0.454 e. The van der Waals surface area contributed by atoms with Gasteiger partial charge in [0.1, 0.15) is 12.4 Å². The molecule has 1 aromatic heterocycles. The maximum atomic E-state index is 13.1. The number of amides is 2. The quantitative estimate of drug-likeness (QED) is 0.843. The molecule has 1 fully saturated rings. The van der Waals surface area contributed by atoms with E-state index in [4.69, 9.17) is 14.0 Å². The second kappa shape index (κ2) is 6.12. The van der Waals surface area contributed by atoms with Crippen LogP contribution in [0.15, 0.2) is 28.8 Å². The van der Waals surface area contributed by atoms with Crippen molar-refractivity contribution in [1.29, 1.82) is 0 Å². The number of fused-ring (bicyclic) bond motifs is 1. The minimum atomic E-state index is -0.286.